The molecule has 0 bridgehead atoms. The number of aryl methyl sites for hydroxylation is 1. The number of nitrogens with zero attached hydrogens (tertiary/aromatic N) is 3. The van der Waals surface area contributed by atoms with Gasteiger partial charge in [0, 0.05) is 13.1 Å². The topological polar surface area (TPSA) is 81.5 Å². The van der Waals surface area contributed by atoms with Crippen molar-refractivity contribution in [3.05, 3.63) is 27.1 Å². The number of fused-ring (bicyclic) bond motifs is 1. The smallest absolute Gasteiger partial charge is 0.348 e. The summed E-state index contributed by atoms with van der Waals surface area (Å²) in [6.07, 6.45) is 12.1. The second-order valence-electron chi connectivity index (χ2n) is 8.88. The molecule has 2 heterocycles. The highest BCUT2D eigenvalue weighted by molar-refractivity contribution is 7.20. The van der Waals surface area contributed by atoms with Crippen LogP contribution in [0.3, 0.4) is 0 Å². The highest BCUT2D eigenvalue weighted by Gasteiger charge is 2.26. The number of amides is 1. The van der Waals surface area contributed by atoms with Crippen LogP contribution in [-0.2, 0) is 16.1 Å². The number of thiophene rings is 1. The van der Waals surface area contributed by atoms with Crippen molar-refractivity contribution in [1.29, 1.82) is 0 Å². The van der Waals surface area contributed by atoms with Gasteiger partial charge in [-0.2, -0.15) is 0 Å². The maximum atomic E-state index is 13.1. The molecule has 2 aliphatic carbocycles. The Hall–Kier alpha value is -2.22. The number of carbonyl (C=O) groups is 2. The molecule has 0 unspecified atom stereocenters. The number of rotatable bonds is 5. The van der Waals surface area contributed by atoms with E-state index in [0.717, 1.165) is 51.4 Å². The summed E-state index contributed by atoms with van der Waals surface area (Å²) in [5, 5.41) is 0.413. The summed E-state index contributed by atoms with van der Waals surface area (Å²) in [7, 11) is 1.82. The Kier molecular flexibility index (Phi) is 6.74. The molecule has 7 nitrogen and oxygen atoms in total. The third-order valence-electron chi connectivity index (χ3n) is 6.75. The van der Waals surface area contributed by atoms with Crippen molar-refractivity contribution in [2.75, 3.05) is 7.05 Å². The predicted octanol–water partition coefficient (Wildman–Crippen LogP) is 4.05. The summed E-state index contributed by atoms with van der Waals surface area (Å²) in [6, 6.07) is 0.248. The van der Waals surface area contributed by atoms with E-state index in [1.54, 1.807) is 11.8 Å². The number of hydrogen-bond donors (Lipinski definition) is 0. The van der Waals surface area contributed by atoms with E-state index in [9.17, 15) is 14.4 Å². The van der Waals surface area contributed by atoms with Crippen LogP contribution in [0.2, 0.25) is 0 Å². The lowest BCUT2D eigenvalue weighted by atomic mass is 9.94. The van der Waals surface area contributed by atoms with Gasteiger partial charge in [-0.05, 0) is 51.0 Å². The quantitative estimate of drug-likeness (QED) is 0.649. The van der Waals surface area contributed by atoms with Crippen LogP contribution < -0.4 is 5.56 Å². The monoisotopic (exact) mass is 445 g/mol. The maximum absolute atomic E-state index is 13.1. The first-order valence-corrected chi connectivity index (χ1v) is 12.2. The molecule has 0 saturated heterocycles. The highest BCUT2D eigenvalue weighted by atomic mass is 32.1. The molecule has 0 N–H and O–H groups in total. The fraction of sp³-hybridized carbons (Fsp3) is 0.652. The van der Waals surface area contributed by atoms with E-state index in [1.807, 2.05) is 7.05 Å². The number of carbonyl (C=O) groups excluding carboxylic acids is 2. The standard InChI is InChI=1S/C23H31N3O4S/c1-15-19-21(31-20(15)23(29)30-17-11-7-4-8-12-17)24-14-26(22(19)28)13-18(27)25(2)16-9-5-3-6-10-16/h14,16-17H,3-13H2,1-2H3. The zero-order valence-electron chi connectivity index (χ0n) is 18.4. The van der Waals surface area contributed by atoms with Gasteiger partial charge in [0.15, 0.2) is 0 Å². The first-order valence-electron chi connectivity index (χ1n) is 11.4. The van der Waals surface area contributed by atoms with Gasteiger partial charge in [0.25, 0.3) is 5.56 Å². The molecule has 2 aromatic heterocycles. The summed E-state index contributed by atoms with van der Waals surface area (Å²) < 4.78 is 7.06. The van der Waals surface area contributed by atoms with Gasteiger partial charge in [-0.15, -0.1) is 11.3 Å². The molecular formula is C23H31N3O4S. The fourth-order valence-electron chi connectivity index (χ4n) is 4.78. The fourth-order valence-corrected chi connectivity index (χ4v) is 5.81. The average molecular weight is 446 g/mol. The van der Waals surface area contributed by atoms with Crippen molar-refractivity contribution in [1.82, 2.24) is 14.5 Å². The molecule has 8 heteroatoms. The Morgan fingerprint density at radius 2 is 1.77 bits per heavy atom. The number of hydrogen-bond acceptors (Lipinski definition) is 6. The van der Waals surface area contributed by atoms with Gasteiger partial charge < -0.3 is 9.64 Å². The molecular weight excluding hydrogens is 414 g/mol. The van der Waals surface area contributed by atoms with E-state index in [2.05, 4.69) is 4.98 Å². The minimum Gasteiger partial charge on any atom is -0.458 e. The zero-order chi connectivity index (χ0) is 22.0. The summed E-state index contributed by atoms with van der Waals surface area (Å²) >= 11 is 1.20. The average Bonchev–Trinajstić information content (AvgIpc) is 3.13. The lowest BCUT2D eigenvalue weighted by Gasteiger charge is -2.31. The van der Waals surface area contributed by atoms with E-state index < -0.39 is 0 Å². The molecule has 0 aliphatic heterocycles. The van der Waals surface area contributed by atoms with E-state index in [4.69, 9.17) is 4.74 Å². The van der Waals surface area contributed by atoms with Gasteiger partial charge in [0.05, 0.1) is 11.7 Å². The molecule has 4 rings (SSSR count). The maximum Gasteiger partial charge on any atom is 0.348 e. The van der Waals surface area contributed by atoms with Crippen molar-refractivity contribution >= 4 is 33.4 Å². The van der Waals surface area contributed by atoms with E-state index in [1.165, 1.54) is 35.1 Å². The minimum atomic E-state index is -0.369. The van der Waals surface area contributed by atoms with Crippen LogP contribution >= 0.6 is 11.3 Å². The second-order valence-corrected chi connectivity index (χ2v) is 9.87. The van der Waals surface area contributed by atoms with E-state index in [-0.39, 0.29) is 36.1 Å². The first kappa shape index (κ1) is 22.0. The van der Waals surface area contributed by atoms with Gasteiger partial charge in [-0.25, -0.2) is 9.78 Å². The number of aromatic nitrogens is 2. The third-order valence-corrected chi connectivity index (χ3v) is 7.93. The lowest BCUT2D eigenvalue weighted by Crippen LogP contribution is -2.41. The highest BCUT2D eigenvalue weighted by Crippen LogP contribution is 2.29. The van der Waals surface area contributed by atoms with Gasteiger partial charge in [-0.1, -0.05) is 25.7 Å². The van der Waals surface area contributed by atoms with Crippen LogP contribution in [-0.4, -0.2) is 45.5 Å². The largest absolute Gasteiger partial charge is 0.458 e. The minimum absolute atomic E-state index is 0.0358. The summed E-state index contributed by atoms with van der Waals surface area (Å²) in [5.74, 6) is -0.452. The van der Waals surface area contributed by atoms with Crippen LogP contribution in [0.1, 0.15) is 79.4 Å². The number of likely N-dealkylation sites (N-methyl/N-ethyl adjacent to an activating group) is 1. The summed E-state index contributed by atoms with van der Waals surface area (Å²) in [6.45, 7) is 1.73. The Labute approximate surface area is 186 Å². The van der Waals surface area contributed by atoms with Crippen molar-refractivity contribution < 1.29 is 14.3 Å². The van der Waals surface area contributed by atoms with Gasteiger partial charge in [-0.3, -0.25) is 14.2 Å². The Bertz CT molecular complexity index is 1020. The second kappa shape index (κ2) is 9.51. The molecule has 31 heavy (non-hydrogen) atoms. The zero-order valence-corrected chi connectivity index (χ0v) is 19.2. The van der Waals surface area contributed by atoms with Gasteiger partial charge in [0.1, 0.15) is 22.4 Å². The van der Waals surface area contributed by atoms with Crippen molar-refractivity contribution in [2.24, 2.45) is 0 Å². The molecule has 2 fully saturated rings. The summed E-state index contributed by atoms with van der Waals surface area (Å²) in [5.41, 5.74) is 0.321. The van der Waals surface area contributed by atoms with E-state index >= 15 is 0 Å². The SMILES string of the molecule is Cc1c(C(=O)OC2CCCCC2)sc2ncn(CC(=O)N(C)C3CCCCC3)c(=O)c12. The van der Waals surface area contributed by atoms with Crippen LogP contribution in [0.5, 0.6) is 0 Å². The molecule has 2 aliphatic rings. The Morgan fingerprint density at radius 3 is 2.45 bits per heavy atom. The first-order chi connectivity index (χ1) is 15.0. The van der Waals surface area contributed by atoms with Crippen LogP contribution in [0.4, 0.5) is 0 Å². The van der Waals surface area contributed by atoms with Crippen molar-refractivity contribution in [2.45, 2.75) is 89.8 Å². The molecule has 0 aromatic carbocycles. The molecule has 2 saturated carbocycles. The predicted molar refractivity (Wildman–Crippen MR) is 121 cm³/mol. The third kappa shape index (κ3) is 4.68. The molecule has 2 aromatic rings. The Balaban J connectivity index is 1.53. The van der Waals surface area contributed by atoms with Gasteiger partial charge in [0.2, 0.25) is 5.91 Å². The van der Waals surface area contributed by atoms with Gasteiger partial charge >= 0.3 is 5.97 Å². The lowest BCUT2D eigenvalue weighted by molar-refractivity contribution is -0.133. The number of ether oxygens (including phenoxy) is 1. The van der Waals surface area contributed by atoms with Crippen molar-refractivity contribution in [3.63, 3.8) is 0 Å². The number of esters is 1. The normalized spacial score (nSPS) is 18.3. The van der Waals surface area contributed by atoms with Crippen LogP contribution in [0.15, 0.2) is 11.1 Å². The molecule has 0 atom stereocenters. The van der Waals surface area contributed by atoms with E-state index in [0.29, 0.717) is 20.7 Å². The summed E-state index contributed by atoms with van der Waals surface area (Å²) in [4.78, 5) is 45.8. The van der Waals surface area contributed by atoms with Crippen molar-refractivity contribution in [3.8, 4) is 0 Å². The van der Waals surface area contributed by atoms with Crippen LogP contribution in [0.25, 0.3) is 10.2 Å². The molecule has 168 valence electrons. The Morgan fingerprint density at radius 1 is 1.13 bits per heavy atom. The van der Waals surface area contributed by atoms with Crippen LogP contribution in [0, 0.1) is 6.92 Å². The molecule has 0 radical (unpaired) electrons. The molecule has 0 spiro atoms. The molecule has 1 amide bonds.